The highest BCUT2D eigenvalue weighted by molar-refractivity contribution is 6.42. The number of carbonyl (C=O) groups is 1. The van der Waals surface area contributed by atoms with Gasteiger partial charge < -0.3 is 14.2 Å². The minimum Gasteiger partial charge on any atom is -0.461 e. The zero-order valence-electron chi connectivity index (χ0n) is 15.8. The van der Waals surface area contributed by atoms with Gasteiger partial charge in [0.15, 0.2) is 0 Å². The van der Waals surface area contributed by atoms with Crippen molar-refractivity contribution in [1.82, 2.24) is 4.57 Å². The fourth-order valence-corrected chi connectivity index (χ4v) is 4.12. The van der Waals surface area contributed by atoms with Crippen LogP contribution in [0, 0.1) is 0 Å². The molecule has 0 amide bonds. The lowest BCUT2D eigenvalue weighted by molar-refractivity contribution is 0.0515. The fraction of sp³-hybridized carbons (Fsp3) is 0.318. The van der Waals surface area contributed by atoms with Crippen molar-refractivity contribution in [2.24, 2.45) is 0 Å². The number of carbonyl (C=O) groups excluding carboxylic acids is 1. The molecule has 1 fully saturated rings. The van der Waals surface area contributed by atoms with Gasteiger partial charge in [-0.25, -0.2) is 4.79 Å². The normalized spacial score (nSPS) is 14.0. The molecule has 2 aromatic carbocycles. The molecule has 0 bridgehead atoms. The number of ether oxygens (including phenoxy) is 1. The largest absolute Gasteiger partial charge is 0.461 e. The van der Waals surface area contributed by atoms with E-state index in [-0.39, 0.29) is 5.97 Å². The predicted molar refractivity (Wildman–Crippen MR) is 115 cm³/mol. The highest BCUT2D eigenvalue weighted by atomic mass is 35.5. The van der Waals surface area contributed by atoms with Crippen molar-refractivity contribution in [2.45, 2.75) is 26.3 Å². The van der Waals surface area contributed by atoms with Gasteiger partial charge in [-0.15, -0.1) is 0 Å². The van der Waals surface area contributed by atoms with Crippen LogP contribution in [0.4, 0.5) is 5.69 Å². The first-order valence-corrected chi connectivity index (χ1v) is 10.3. The number of hydrogen-bond donors (Lipinski definition) is 0. The Bertz CT molecular complexity index is 1020. The lowest BCUT2D eigenvalue weighted by Crippen LogP contribution is -2.17. The molecule has 2 heterocycles. The number of rotatable bonds is 5. The summed E-state index contributed by atoms with van der Waals surface area (Å²) >= 11 is 12.2. The lowest BCUT2D eigenvalue weighted by Gasteiger charge is -2.17. The van der Waals surface area contributed by atoms with Gasteiger partial charge in [-0.3, -0.25) is 0 Å². The van der Waals surface area contributed by atoms with Gasteiger partial charge in [-0.1, -0.05) is 29.3 Å². The van der Waals surface area contributed by atoms with Crippen LogP contribution in [0.25, 0.3) is 10.9 Å². The second-order valence-corrected chi connectivity index (χ2v) is 7.84. The standard InChI is InChI=1S/C22H22Cl2N2O2/c1-2-28-22(27)21-13-16-12-17(25-9-3-4-10-25)6-8-20(16)26(21)14-15-5-7-18(23)19(24)11-15/h5-8,11-13H,2-4,9-10,14H2,1H3. The van der Waals surface area contributed by atoms with Crippen molar-refractivity contribution in [1.29, 1.82) is 0 Å². The van der Waals surface area contributed by atoms with Gasteiger partial charge in [0.05, 0.1) is 16.7 Å². The monoisotopic (exact) mass is 416 g/mol. The van der Waals surface area contributed by atoms with Crippen molar-refractivity contribution in [3.05, 3.63) is 63.8 Å². The minimum absolute atomic E-state index is 0.318. The highest BCUT2D eigenvalue weighted by Gasteiger charge is 2.19. The molecule has 0 unspecified atom stereocenters. The van der Waals surface area contributed by atoms with E-state index in [1.807, 2.05) is 29.7 Å². The first-order valence-electron chi connectivity index (χ1n) is 9.56. The van der Waals surface area contributed by atoms with E-state index >= 15 is 0 Å². The Labute approximate surface area is 174 Å². The first-order chi connectivity index (χ1) is 13.6. The van der Waals surface area contributed by atoms with Gasteiger partial charge in [-0.2, -0.15) is 0 Å². The number of hydrogen-bond acceptors (Lipinski definition) is 3. The predicted octanol–water partition coefficient (Wildman–Crippen LogP) is 5.77. The second kappa shape index (κ2) is 8.06. The third kappa shape index (κ3) is 3.71. The summed E-state index contributed by atoms with van der Waals surface area (Å²) in [5.74, 6) is -0.318. The number of esters is 1. The summed E-state index contributed by atoms with van der Waals surface area (Å²) in [6.45, 7) is 4.83. The van der Waals surface area contributed by atoms with Crippen molar-refractivity contribution in [3.8, 4) is 0 Å². The molecule has 146 valence electrons. The number of anilines is 1. The molecular weight excluding hydrogens is 395 g/mol. The van der Waals surface area contributed by atoms with Crippen LogP contribution in [0.1, 0.15) is 35.8 Å². The first kappa shape index (κ1) is 19.2. The molecule has 6 heteroatoms. The average molecular weight is 417 g/mol. The Morgan fingerprint density at radius 3 is 2.54 bits per heavy atom. The topological polar surface area (TPSA) is 34.5 Å². The molecule has 1 aromatic heterocycles. The SMILES string of the molecule is CCOC(=O)c1cc2cc(N3CCCC3)ccc2n1Cc1ccc(Cl)c(Cl)c1. The summed E-state index contributed by atoms with van der Waals surface area (Å²) in [4.78, 5) is 15.0. The van der Waals surface area contributed by atoms with Crippen molar-refractivity contribution >= 4 is 45.8 Å². The Balaban J connectivity index is 1.77. The maximum atomic E-state index is 12.6. The quantitative estimate of drug-likeness (QED) is 0.494. The third-order valence-corrected chi connectivity index (χ3v) is 5.90. The van der Waals surface area contributed by atoms with Crippen LogP contribution in [-0.4, -0.2) is 30.2 Å². The minimum atomic E-state index is -0.318. The Morgan fingerprint density at radius 2 is 1.82 bits per heavy atom. The van der Waals surface area contributed by atoms with Crippen LogP contribution in [0.15, 0.2) is 42.5 Å². The zero-order chi connectivity index (χ0) is 19.7. The maximum Gasteiger partial charge on any atom is 0.354 e. The van der Waals surface area contributed by atoms with Gasteiger partial charge in [-0.05, 0) is 61.7 Å². The van der Waals surface area contributed by atoms with Crippen molar-refractivity contribution in [3.63, 3.8) is 0 Å². The third-order valence-electron chi connectivity index (χ3n) is 5.17. The van der Waals surface area contributed by atoms with E-state index in [0.29, 0.717) is 28.9 Å². The van der Waals surface area contributed by atoms with Gasteiger partial charge in [0.2, 0.25) is 0 Å². The smallest absolute Gasteiger partial charge is 0.354 e. The lowest BCUT2D eigenvalue weighted by atomic mass is 10.2. The molecule has 1 saturated heterocycles. The van der Waals surface area contributed by atoms with E-state index in [9.17, 15) is 4.79 Å². The number of halogens is 2. The molecule has 3 aromatic rings. The highest BCUT2D eigenvalue weighted by Crippen LogP contribution is 2.30. The molecule has 4 rings (SSSR count). The van der Waals surface area contributed by atoms with Crippen LogP contribution in [0.2, 0.25) is 10.0 Å². The Morgan fingerprint density at radius 1 is 1.04 bits per heavy atom. The molecule has 1 aliphatic heterocycles. The fourth-order valence-electron chi connectivity index (χ4n) is 3.80. The molecule has 4 nitrogen and oxygen atoms in total. The summed E-state index contributed by atoms with van der Waals surface area (Å²) in [5.41, 5.74) is 3.71. The molecule has 0 atom stereocenters. The van der Waals surface area contributed by atoms with E-state index in [2.05, 4.69) is 23.1 Å². The van der Waals surface area contributed by atoms with Crippen LogP contribution in [0.3, 0.4) is 0 Å². The molecule has 0 N–H and O–H groups in total. The molecule has 0 aliphatic carbocycles. The number of nitrogens with zero attached hydrogens (tertiary/aromatic N) is 2. The van der Waals surface area contributed by atoms with E-state index < -0.39 is 0 Å². The average Bonchev–Trinajstić information content (AvgIpc) is 3.33. The molecule has 1 aliphatic rings. The number of aromatic nitrogens is 1. The summed E-state index contributed by atoms with van der Waals surface area (Å²) in [5, 5.41) is 2.06. The van der Waals surface area contributed by atoms with E-state index in [1.165, 1.54) is 18.5 Å². The summed E-state index contributed by atoms with van der Waals surface area (Å²) in [6.07, 6.45) is 2.45. The Kier molecular flexibility index (Phi) is 5.51. The van der Waals surface area contributed by atoms with Crippen LogP contribution in [0.5, 0.6) is 0 Å². The van der Waals surface area contributed by atoms with Crippen molar-refractivity contribution < 1.29 is 9.53 Å². The second-order valence-electron chi connectivity index (χ2n) is 7.02. The van der Waals surface area contributed by atoms with E-state index in [1.54, 1.807) is 6.07 Å². The van der Waals surface area contributed by atoms with Crippen molar-refractivity contribution in [2.75, 3.05) is 24.6 Å². The van der Waals surface area contributed by atoms with Gasteiger partial charge in [0, 0.05) is 36.2 Å². The number of fused-ring (bicyclic) bond motifs is 1. The molecular formula is C22H22Cl2N2O2. The molecule has 0 saturated carbocycles. The Hall–Kier alpha value is -2.17. The summed E-state index contributed by atoms with van der Waals surface area (Å²) < 4.78 is 7.28. The van der Waals surface area contributed by atoms with Crippen LogP contribution in [-0.2, 0) is 11.3 Å². The van der Waals surface area contributed by atoms with Gasteiger partial charge in [0.1, 0.15) is 5.69 Å². The van der Waals surface area contributed by atoms with Crippen LogP contribution < -0.4 is 4.90 Å². The van der Waals surface area contributed by atoms with Crippen LogP contribution >= 0.6 is 23.2 Å². The molecule has 0 radical (unpaired) electrons. The summed E-state index contributed by atoms with van der Waals surface area (Å²) in [7, 11) is 0. The van der Waals surface area contributed by atoms with Gasteiger partial charge in [0.25, 0.3) is 0 Å². The molecule has 0 spiro atoms. The number of benzene rings is 2. The van der Waals surface area contributed by atoms with E-state index in [0.717, 1.165) is 29.6 Å². The molecule has 28 heavy (non-hydrogen) atoms. The summed E-state index contributed by atoms with van der Waals surface area (Å²) in [6, 6.07) is 13.8. The maximum absolute atomic E-state index is 12.6. The van der Waals surface area contributed by atoms with E-state index in [4.69, 9.17) is 27.9 Å². The zero-order valence-corrected chi connectivity index (χ0v) is 17.3. The van der Waals surface area contributed by atoms with Gasteiger partial charge >= 0.3 is 5.97 Å².